The van der Waals surface area contributed by atoms with Crippen LogP contribution in [0.3, 0.4) is 0 Å². The van der Waals surface area contributed by atoms with Gasteiger partial charge in [0.25, 0.3) is 0 Å². The van der Waals surface area contributed by atoms with Crippen LogP contribution in [-0.4, -0.2) is 28.2 Å². The molecule has 0 aliphatic carbocycles. The molecule has 5 rings (SSSR count). The van der Waals surface area contributed by atoms with Crippen LogP contribution in [0.1, 0.15) is 35.3 Å². The predicted octanol–water partition coefficient (Wildman–Crippen LogP) is 5.31. The summed E-state index contributed by atoms with van der Waals surface area (Å²) in [5.74, 6) is -0.138. The maximum Gasteiger partial charge on any atom is 0.247 e. The highest BCUT2D eigenvalue weighted by atomic mass is 16.2. The third kappa shape index (κ3) is 4.17. The van der Waals surface area contributed by atoms with Crippen LogP contribution in [0, 0.1) is 0 Å². The summed E-state index contributed by atoms with van der Waals surface area (Å²) in [6.45, 7) is 2.13. The van der Waals surface area contributed by atoms with Crippen LogP contribution in [0.5, 0.6) is 0 Å². The smallest absolute Gasteiger partial charge is 0.247 e. The number of fused-ring (bicyclic) bond motifs is 3. The van der Waals surface area contributed by atoms with E-state index in [9.17, 15) is 9.59 Å². The summed E-state index contributed by atoms with van der Waals surface area (Å²) in [6.07, 6.45) is 4.27. The van der Waals surface area contributed by atoms with Gasteiger partial charge in [0.15, 0.2) is 0 Å². The van der Waals surface area contributed by atoms with Crippen molar-refractivity contribution in [3.05, 3.63) is 107 Å². The predicted molar refractivity (Wildman–Crippen MR) is 132 cm³/mol. The van der Waals surface area contributed by atoms with Gasteiger partial charge in [0.05, 0.1) is 6.04 Å². The summed E-state index contributed by atoms with van der Waals surface area (Å²) in [5.41, 5.74) is 6.21. The van der Waals surface area contributed by atoms with Gasteiger partial charge in [0.1, 0.15) is 0 Å². The van der Waals surface area contributed by atoms with Crippen LogP contribution in [0.4, 0.5) is 5.69 Å². The van der Waals surface area contributed by atoms with Crippen LogP contribution in [0.2, 0.25) is 0 Å². The lowest BCUT2D eigenvalue weighted by Crippen LogP contribution is -2.39. The Bertz CT molecular complexity index is 1340. The zero-order valence-corrected chi connectivity index (χ0v) is 18.4. The Balaban J connectivity index is 1.45. The molecule has 5 heteroatoms. The molecule has 1 aliphatic rings. The Morgan fingerprint density at radius 1 is 0.970 bits per heavy atom. The average Bonchev–Trinajstić information content (AvgIpc) is 3.22. The molecule has 0 bridgehead atoms. The summed E-state index contributed by atoms with van der Waals surface area (Å²) in [5, 5.41) is 3.98. The first-order chi connectivity index (χ1) is 16.1. The Morgan fingerprint density at radius 2 is 1.70 bits per heavy atom. The molecule has 0 saturated carbocycles. The number of anilines is 1. The molecule has 0 spiro atoms. The zero-order valence-electron chi connectivity index (χ0n) is 18.4. The number of para-hydroxylation sites is 1. The fourth-order valence-electron chi connectivity index (χ4n) is 4.60. The Morgan fingerprint density at radius 3 is 2.45 bits per heavy atom. The number of benzene rings is 3. The average molecular weight is 436 g/mol. The van der Waals surface area contributed by atoms with Gasteiger partial charge in [-0.15, -0.1) is 0 Å². The molecule has 1 aromatic heterocycles. The first kappa shape index (κ1) is 20.8. The van der Waals surface area contributed by atoms with Gasteiger partial charge in [-0.25, -0.2) is 0 Å². The van der Waals surface area contributed by atoms with E-state index in [1.807, 2.05) is 59.5 Å². The van der Waals surface area contributed by atoms with E-state index in [-0.39, 0.29) is 17.9 Å². The number of carbonyl (C=O) groups excluding carboxylic acids is 2. The Kier molecular flexibility index (Phi) is 5.53. The highest BCUT2D eigenvalue weighted by Crippen LogP contribution is 2.38. The maximum atomic E-state index is 13.4. The molecule has 5 nitrogen and oxygen atoms in total. The lowest BCUT2D eigenvalue weighted by molar-refractivity contribution is -0.128. The van der Waals surface area contributed by atoms with E-state index in [0.717, 1.165) is 34.4 Å². The van der Waals surface area contributed by atoms with Crippen LogP contribution in [0.15, 0.2) is 84.9 Å². The number of hydrogen-bond donors (Lipinski definition) is 2. The highest BCUT2D eigenvalue weighted by Gasteiger charge is 2.33. The second-order valence-electron chi connectivity index (χ2n) is 8.29. The number of nitrogens with one attached hydrogen (secondary N) is 2. The number of aromatic amines is 1. The van der Waals surface area contributed by atoms with Crippen LogP contribution < -0.4 is 5.32 Å². The molecule has 1 atom stereocenters. The fourth-order valence-corrected chi connectivity index (χ4v) is 4.60. The third-order valence-corrected chi connectivity index (χ3v) is 6.08. The van der Waals surface area contributed by atoms with Crippen molar-refractivity contribution in [1.82, 2.24) is 9.88 Å². The standard InChI is InChI=1S/C28H25N3O2/c1-19(32)29-22-14-11-20(12-15-22)13-16-26(33)31-18-17-24-23-9-5-6-10-25(23)30-27(24)28(31)21-7-3-2-4-8-21/h2-16,28,30H,17-18H2,1H3,(H,29,32). The minimum atomic E-state index is -0.165. The van der Waals surface area contributed by atoms with Gasteiger partial charge in [-0.1, -0.05) is 60.7 Å². The molecular formula is C28H25N3O2. The van der Waals surface area contributed by atoms with E-state index in [0.29, 0.717) is 6.54 Å². The summed E-state index contributed by atoms with van der Waals surface area (Å²) in [6, 6.07) is 25.8. The van der Waals surface area contributed by atoms with Crippen molar-refractivity contribution in [2.75, 3.05) is 11.9 Å². The molecule has 164 valence electrons. The summed E-state index contributed by atoms with van der Waals surface area (Å²) >= 11 is 0. The third-order valence-electron chi connectivity index (χ3n) is 6.08. The summed E-state index contributed by atoms with van der Waals surface area (Å²) in [4.78, 5) is 30.1. The summed E-state index contributed by atoms with van der Waals surface area (Å²) in [7, 11) is 0. The van der Waals surface area contributed by atoms with Gasteiger partial charge in [-0.3, -0.25) is 9.59 Å². The van der Waals surface area contributed by atoms with Crippen molar-refractivity contribution < 1.29 is 9.59 Å². The molecule has 0 saturated heterocycles. The molecule has 0 radical (unpaired) electrons. The SMILES string of the molecule is CC(=O)Nc1ccc(C=CC(=O)N2CCc3c([nH]c4ccccc34)C2c2ccccc2)cc1. The van der Waals surface area contributed by atoms with Crippen molar-refractivity contribution in [1.29, 1.82) is 0 Å². The molecule has 1 aliphatic heterocycles. The summed E-state index contributed by atoms with van der Waals surface area (Å²) < 4.78 is 0. The quantitative estimate of drug-likeness (QED) is 0.427. The Hall–Kier alpha value is -4.12. The molecule has 2 N–H and O–H groups in total. The van der Waals surface area contributed by atoms with Crippen molar-refractivity contribution in [3.8, 4) is 0 Å². The van der Waals surface area contributed by atoms with Gasteiger partial charge in [0.2, 0.25) is 11.8 Å². The van der Waals surface area contributed by atoms with Crippen molar-refractivity contribution >= 4 is 34.5 Å². The number of nitrogens with zero attached hydrogens (tertiary/aromatic N) is 1. The number of amides is 2. The van der Waals surface area contributed by atoms with Crippen LogP contribution >= 0.6 is 0 Å². The molecule has 0 fully saturated rings. The fraction of sp³-hybridized carbons (Fsp3) is 0.143. The van der Waals surface area contributed by atoms with E-state index in [2.05, 4.69) is 40.6 Å². The van der Waals surface area contributed by atoms with Gasteiger partial charge >= 0.3 is 0 Å². The van der Waals surface area contributed by atoms with E-state index >= 15 is 0 Å². The first-order valence-electron chi connectivity index (χ1n) is 11.1. The van der Waals surface area contributed by atoms with Crippen molar-refractivity contribution in [2.24, 2.45) is 0 Å². The monoisotopic (exact) mass is 435 g/mol. The molecule has 2 amide bonds. The number of hydrogen-bond acceptors (Lipinski definition) is 2. The molecular weight excluding hydrogens is 410 g/mol. The van der Waals surface area contributed by atoms with Crippen LogP contribution in [-0.2, 0) is 16.0 Å². The number of H-pyrrole nitrogens is 1. The molecule has 33 heavy (non-hydrogen) atoms. The highest BCUT2D eigenvalue weighted by molar-refractivity contribution is 5.94. The number of rotatable bonds is 4. The second kappa shape index (κ2) is 8.79. The van der Waals surface area contributed by atoms with E-state index in [4.69, 9.17) is 0 Å². The molecule has 3 aromatic carbocycles. The topological polar surface area (TPSA) is 65.2 Å². The minimum Gasteiger partial charge on any atom is -0.356 e. The first-order valence-corrected chi connectivity index (χ1v) is 11.1. The lowest BCUT2D eigenvalue weighted by Gasteiger charge is -2.35. The maximum absolute atomic E-state index is 13.4. The lowest BCUT2D eigenvalue weighted by atomic mass is 9.92. The van der Waals surface area contributed by atoms with E-state index in [1.54, 1.807) is 6.08 Å². The van der Waals surface area contributed by atoms with E-state index in [1.165, 1.54) is 17.9 Å². The molecule has 2 heterocycles. The van der Waals surface area contributed by atoms with Crippen LogP contribution in [0.25, 0.3) is 17.0 Å². The molecule has 1 unspecified atom stereocenters. The Labute approximate surface area is 192 Å². The number of carbonyl (C=O) groups is 2. The zero-order chi connectivity index (χ0) is 22.8. The van der Waals surface area contributed by atoms with Crippen molar-refractivity contribution in [3.63, 3.8) is 0 Å². The van der Waals surface area contributed by atoms with Gasteiger partial charge < -0.3 is 15.2 Å². The normalized spacial score (nSPS) is 15.5. The van der Waals surface area contributed by atoms with E-state index < -0.39 is 0 Å². The van der Waals surface area contributed by atoms with Gasteiger partial charge in [-0.05, 0) is 47.4 Å². The largest absolute Gasteiger partial charge is 0.356 e. The second-order valence-corrected chi connectivity index (χ2v) is 8.29. The van der Waals surface area contributed by atoms with Crippen molar-refractivity contribution in [2.45, 2.75) is 19.4 Å². The molecule has 4 aromatic rings. The number of aromatic nitrogens is 1. The minimum absolute atomic E-state index is 0.0286. The van der Waals surface area contributed by atoms with Gasteiger partial charge in [-0.2, -0.15) is 0 Å². The van der Waals surface area contributed by atoms with Gasteiger partial charge in [0, 0.05) is 41.8 Å².